The summed E-state index contributed by atoms with van der Waals surface area (Å²) >= 11 is 0. The summed E-state index contributed by atoms with van der Waals surface area (Å²) in [5, 5.41) is 0. The molecule has 1 aromatic heterocycles. The first kappa shape index (κ1) is 23.1. The average Bonchev–Trinajstić information content (AvgIpc) is 2.77. The first-order valence-electron chi connectivity index (χ1n) is 11.5. The maximum atomic E-state index is 5.68. The number of aromatic nitrogens is 2. The minimum atomic E-state index is 0.770. The molecule has 1 atom stereocenters. The highest BCUT2D eigenvalue weighted by Gasteiger charge is 2.03. The normalized spacial score (nSPS) is 12.4. The first-order valence-corrected chi connectivity index (χ1v) is 11.5. The first-order chi connectivity index (χ1) is 14.2. The second kappa shape index (κ2) is 13.9. The van der Waals surface area contributed by atoms with E-state index in [1.807, 2.05) is 36.7 Å². The molecule has 0 N–H and O–H groups in total. The topological polar surface area (TPSA) is 35.0 Å². The quantitative estimate of drug-likeness (QED) is 0.242. The van der Waals surface area contributed by atoms with Crippen molar-refractivity contribution in [1.29, 1.82) is 0 Å². The predicted octanol–water partition coefficient (Wildman–Crippen LogP) is 7.77. The number of unbranched alkanes of at least 4 members (excludes halogenated alkanes) is 5. The zero-order valence-corrected chi connectivity index (χ0v) is 18.6. The lowest BCUT2D eigenvalue weighted by Gasteiger charge is -2.07. The van der Waals surface area contributed by atoms with Crippen molar-refractivity contribution in [2.45, 2.75) is 85.0 Å². The van der Waals surface area contributed by atoms with Crippen molar-refractivity contribution in [3.05, 3.63) is 54.6 Å². The van der Waals surface area contributed by atoms with Crippen LogP contribution < -0.4 is 4.74 Å². The molecule has 29 heavy (non-hydrogen) atoms. The van der Waals surface area contributed by atoms with Crippen LogP contribution in [0.4, 0.5) is 0 Å². The summed E-state index contributed by atoms with van der Waals surface area (Å²) in [5.41, 5.74) is 2.24. The third kappa shape index (κ3) is 9.25. The van der Waals surface area contributed by atoms with Gasteiger partial charge in [0.15, 0.2) is 5.82 Å². The fourth-order valence-corrected chi connectivity index (χ4v) is 3.23. The third-order valence-electron chi connectivity index (χ3n) is 5.45. The molecular weight excluding hydrogens is 356 g/mol. The summed E-state index contributed by atoms with van der Waals surface area (Å²) in [4.78, 5) is 9.11. The molecule has 1 heterocycles. The van der Waals surface area contributed by atoms with Gasteiger partial charge in [0.25, 0.3) is 0 Å². The number of nitrogens with zero attached hydrogens (tertiary/aromatic N) is 2. The number of hydrogen-bond acceptors (Lipinski definition) is 3. The van der Waals surface area contributed by atoms with Crippen molar-refractivity contribution in [3.63, 3.8) is 0 Å². The van der Waals surface area contributed by atoms with Gasteiger partial charge in [-0.2, -0.15) is 0 Å². The maximum Gasteiger partial charge on any atom is 0.159 e. The van der Waals surface area contributed by atoms with E-state index in [0.29, 0.717) is 0 Å². The van der Waals surface area contributed by atoms with E-state index in [4.69, 9.17) is 4.74 Å². The number of allylic oxidation sites excluding steroid dienone is 1. The van der Waals surface area contributed by atoms with Gasteiger partial charge in [-0.25, -0.2) is 9.97 Å². The Bertz CT molecular complexity index is 692. The Morgan fingerprint density at radius 3 is 2.38 bits per heavy atom. The van der Waals surface area contributed by atoms with Crippen molar-refractivity contribution in [2.75, 3.05) is 0 Å². The van der Waals surface area contributed by atoms with E-state index in [1.54, 1.807) is 6.26 Å². The highest BCUT2D eigenvalue weighted by atomic mass is 16.5. The van der Waals surface area contributed by atoms with Gasteiger partial charge in [0.2, 0.25) is 0 Å². The monoisotopic (exact) mass is 394 g/mol. The van der Waals surface area contributed by atoms with Gasteiger partial charge in [0.1, 0.15) is 5.75 Å². The Morgan fingerprint density at radius 2 is 1.69 bits per heavy atom. The van der Waals surface area contributed by atoms with Crippen molar-refractivity contribution in [2.24, 2.45) is 5.92 Å². The fraction of sp³-hybridized carbons (Fsp3) is 0.538. The smallest absolute Gasteiger partial charge is 0.159 e. The number of hydrogen-bond donors (Lipinski definition) is 0. The molecule has 0 amide bonds. The van der Waals surface area contributed by atoms with E-state index < -0.39 is 0 Å². The van der Waals surface area contributed by atoms with Gasteiger partial charge in [-0.15, -0.1) is 0 Å². The molecule has 1 unspecified atom stereocenters. The highest BCUT2D eigenvalue weighted by molar-refractivity contribution is 5.55. The van der Waals surface area contributed by atoms with Crippen LogP contribution in [0.3, 0.4) is 0 Å². The lowest BCUT2D eigenvalue weighted by molar-refractivity contribution is 0.477. The summed E-state index contributed by atoms with van der Waals surface area (Å²) in [6.45, 7) is 6.83. The Kier molecular flexibility index (Phi) is 11.1. The molecule has 0 saturated heterocycles. The third-order valence-corrected chi connectivity index (χ3v) is 5.45. The standard InChI is InChI=1S/C26H38N2O/c1-4-6-7-8-9-12-19-29-25-17-15-24(16-18-25)26-27-20-23(21-28-26)14-11-10-13-22(3)5-2/h12,15-22H,4-11,13-14H2,1-3H3. The molecule has 2 aromatic rings. The van der Waals surface area contributed by atoms with Crippen LogP contribution in [0, 0.1) is 5.92 Å². The largest absolute Gasteiger partial charge is 0.465 e. The summed E-state index contributed by atoms with van der Waals surface area (Å²) < 4.78 is 5.68. The SMILES string of the molecule is CCCCCCC=COc1ccc(-c2ncc(CCCCC(C)CC)cn2)cc1. The van der Waals surface area contributed by atoms with E-state index in [2.05, 4.69) is 36.8 Å². The van der Waals surface area contributed by atoms with Crippen LogP contribution in [-0.4, -0.2) is 9.97 Å². The minimum Gasteiger partial charge on any atom is -0.465 e. The molecule has 0 saturated carbocycles. The van der Waals surface area contributed by atoms with Gasteiger partial charge in [0, 0.05) is 18.0 Å². The minimum absolute atomic E-state index is 0.770. The summed E-state index contributed by atoms with van der Waals surface area (Å²) in [5.74, 6) is 2.45. The van der Waals surface area contributed by atoms with Crippen LogP contribution in [-0.2, 0) is 6.42 Å². The van der Waals surface area contributed by atoms with Crippen molar-refractivity contribution < 1.29 is 4.74 Å². The average molecular weight is 395 g/mol. The van der Waals surface area contributed by atoms with E-state index in [9.17, 15) is 0 Å². The summed E-state index contributed by atoms with van der Waals surface area (Å²) in [7, 11) is 0. The summed E-state index contributed by atoms with van der Waals surface area (Å²) in [6.07, 6.45) is 20.2. The Hall–Kier alpha value is -2.16. The van der Waals surface area contributed by atoms with Crippen molar-refractivity contribution in [1.82, 2.24) is 9.97 Å². The summed E-state index contributed by atoms with van der Waals surface area (Å²) in [6, 6.07) is 7.99. The molecule has 0 aliphatic rings. The van der Waals surface area contributed by atoms with E-state index in [-0.39, 0.29) is 0 Å². The molecular formula is C26H38N2O. The van der Waals surface area contributed by atoms with Gasteiger partial charge in [-0.1, -0.05) is 59.3 Å². The molecule has 3 heteroatoms. The zero-order chi connectivity index (χ0) is 20.7. The maximum absolute atomic E-state index is 5.68. The molecule has 0 spiro atoms. The van der Waals surface area contributed by atoms with Crippen LogP contribution in [0.5, 0.6) is 5.75 Å². The van der Waals surface area contributed by atoms with Gasteiger partial charge < -0.3 is 4.74 Å². The van der Waals surface area contributed by atoms with Crippen LogP contribution in [0.15, 0.2) is 49.0 Å². The van der Waals surface area contributed by atoms with Crippen LogP contribution in [0.1, 0.15) is 84.1 Å². The molecule has 0 radical (unpaired) electrons. The van der Waals surface area contributed by atoms with Crippen LogP contribution >= 0.6 is 0 Å². The molecule has 2 rings (SSSR count). The molecule has 158 valence electrons. The van der Waals surface area contributed by atoms with E-state index in [0.717, 1.165) is 35.9 Å². The second-order valence-corrected chi connectivity index (χ2v) is 8.04. The fourth-order valence-electron chi connectivity index (χ4n) is 3.23. The second-order valence-electron chi connectivity index (χ2n) is 8.04. The van der Waals surface area contributed by atoms with Crippen LogP contribution in [0.2, 0.25) is 0 Å². The molecule has 0 aliphatic carbocycles. The number of aryl methyl sites for hydroxylation is 1. The van der Waals surface area contributed by atoms with Crippen molar-refractivity contribution >= 4 is 0 Å². The number of ether oxygens (including phenoxy) is 1. The molecule has 0 aliphatic heterocycles. The van der Waals surface area contributed by atoms with Gasteiger partial charge >= 0.3 is 0 Å². The number of rotatable bonds is 14. The lowest BCUT2D eigenvalue weighted by Crippen LogP contribution is -1.95. The highest BCUT2D eigenvalue weighted by Crippen LogP contribution is 2.20. The zero-order valence-electron chi connectivity index (χ0n) is 18.6. The number of benzene rings is 1. The Morgan fingerprint density at radius 1 is 0.931 bits per heavy atom. The molecule has 3 nitrogen and oxygen atoms in total. The van der Waals surface area contributed by atoms with E-state index >= 15 is 0 Å². The molecule has 0 fully saturated rings. The Balaban J connectivity index is 1.75. The Labute approximate surface area is 177 Å². The van der Waals surface area contributed by atoms with Crippen molar-refractivity contribution in [3.8, 4) is 17.1 Å². The lowest BCUT2D eigenvalue weighted by atomic mass is 10.00. The predicted molar refractivity (Wildman–Crippen MR) is 123 cm³/mol. The van der Waals surface area contributed by atoms with Gasteiger partial charge in [-0.3, -0.25) is 0 Å². The van der Waals surface area contributed by atoms with E-state index in [1.165, 1.54) is 56.9 Å². The van der Waals surface area contributed by atoms with Gasteiger partial charge in [-0.05, 0) is 67.5 Å². The van der Waals surface area contributed by atoms with Crippen LogP contribution in [0.25, 0.3) is 11.4 Å². The molecule has 1 aromatic carbocycles. The van der Waals surface area contributed by atoms with Gasteiger partial charge in [0.05, 0.1) is 6.26 Å². The molecule has 0 bridgehead atoms.